The molecule has 1 aromatic carbocycles. The Morgan fingerprint density at radius 1 is 1.50 bits per heavy atom. The normalized spacial score (nSPS) is 12.8. The first-order valence-electron chi connectivity index (χ1n) is 5.38. The van der Waals surface area contributed by atoms with Gasteiger partial charge in [-0.05, 0) is 24.1 Å². The van der Waals surface area contributed by atoms with Crippen molar-refractivity contribution in [3.8, 4) is 0 Å². The van der Waals surface area contributed by atoms with Gasteiger partial charge < -0.3 is 5.32 Å². The van der Waals surface area contributed by atoms with Crippen LogP contribution >= 0.6 is 0 Å². The van der Waals surface area contributed by atoms with Gasteiger partial charge in [0.1, 0.15) is 5.25 Å². The Morgan fingerprint density at radius 2 is 2.11 bits per heavy atom. The molecular weight excluding hydrogens is 254 g/mol. The zero-order chi connectivity index (χ0) is 13.8. The quantitative estimate of drug-likeness (QED) is 0.633. The molecule has 5 nitrogen and oxygen atoms in total. The van der Waals surface area contributed by atoms with Crippen molar-refractivity contribution in [1.82, 2.24) is 0 Å². The van der Waals surface area contributed by atoms with Gasteiger partial charge in [0.25, 0.3) is 10.1 Å². The van der Waals surface area contributed by atoms with Gasteiger partial charge in [0.2, 0.25) is 5.91 Å². The molecule has 0 aliphatic rings. The molecular formula is C12H15NO4S. The highest BCUT2D eigenvalue weighted by molar-refractivity contribution is 7.86. The molecule has 0 aliphatic carbocycles. The molecule has 6 heteroatoms. The van der Waals surface area contributed by atoms with E-state index in [0.29, 0.717) is 11.3 Å². The third kappa shape index (κ3) is 3.41. The summed E-state index contributed by atoms with van der Waals surface area (Å²) < 4.78 is 31.8. The second-order valence-electron chi connectivity index (χ2n) is 3.69. The summed E-state index contributed by atoms with van der Waals surface area (Å²) in [6, 6.07) is 6.44. The summed E-state index contributed by atoms with van der Waals surface area (Å²) in [7, 11) is -4.21. The van der Waals surface area contributed by atoms with Gasteiger partial charge in [-0.3, -0.25) is 9.35 Å². The second-order valence-corrected chi connectivity index (χ2v) is 5.29. The highest BCUT2D eigenvalue weighted by atomic mass is 32.2. The summed E-state index contributed by atoms with van der Waals surface area (Å²) in [6.45, 7) is 4.96. The standard InChI is InChI=1S/C12H15NO4S/c1-3-11(18(15,16)17)9-7-5-6-8-10(9)13-12(14)4-2/h4-8,11H,2-3H2,1H3,(H,13,14)(H,15,16,17). The second kappa shape index (κ2) is 5.79. The van der Waals surface area contributed by atoms with Gasteiger partial charge in [0.05, 0.1) is 0 Å². The lowest BCUT2D eigenvalue weighted by Crippen LogP contribution is -2.16. The van der Waals surface area contributed by atoms with Crippen LogP contribution in [0.3, 0.4) is 0 Å². The molecule has 0 aromatic heterocycles. The molecule has 0 aliphatic heterocycles. The van der Waals surface area contributed by atoms with Crippen LogP contribution in [-0.2, 0) is 14.9 Å². The van der Waals surface area contributed by atoms with Crippen LogP contribution in [0.1, 0.15) is 24.2 Å². The highest BCUT2D eigenvalue weighted by Gasteiger charge is 2.25. The van der Waals surface area contributed by atoms with Crippen LogP contribution in [-0.4, -0.2) is 18.9 Å². The van der Waals surface area contributed by atoms with Crippen molar-refractivity contribution in [1.29, 1.82) is 0 Å². The van der Waals surface area contributed by atoms with Crippen molar-refractivity contribution in [2.45, 2.75) is 18.6 Å². The zero-order valence-electron chi connectivity index (χ0n) is 9.96. The fourth-order valence-corrected chi connectivity index (χ4v) is 2.61. The van der Waals surface area contributed by atoms with Crippen molar-refractivity contribution < 1.29 is 17.8 Å². The summed E-state index contributed by atoms with van der Waals surface area (Å²) in [4.78, 5) is 11.3. The van der Waals surface area contributed by atoms with E-state index >= 15 is 0 Å². The smallest absolute Gasteiger partial charge is 0.272 e. The van der Waals surface area contributed by atoms with Gasteiger partial charge in [-0.15, -0.1) is 0 Å². The number of benzene rings is 1. The van der Waals surface area contributed by atoms with Gasteiger partial charge in [0.15, 0.2) is 0 Å². The van der Waals surface area contributed by atoms with Crippen molar-refractivity contribution in [2.24, 2.45) is 0 Å². The third-order valence-electron chi connectivity index (χ3n) is 2.48. The molecule has 2 N–H and O–H groups in total. The minimum atomic E-state index is -4.21. The molecule has 1 amide bonds. The molecule has 1 unspecified atom stereocenters. The monoisotopic (exact) mass is 269 g/mol. The van der Waals surface area contributed by atoms with Crippen LogP contribution in [0.15, 0.2) is 36.9 Å². The average Bonchev–Trinajstić information content (AvgIpc) is 2.30. The predicted octanol–water partition coefficient (Wildman–Crippen LogP) is 2.15. The van der Waals surface area contributed by atoms with E-state index in [0.717, 1.165) is 6.08 Å². The van der Waals surface area contributed by atoms with Crippen LogP contribution in [0.25, 0.3) is 0 Å². The number of para-hydroxylation sites is 1. The van der Waals surface area contributed by atoms with Gasteiger partial charge in [-0.25, -0.2) is 0 Å². The molecule has 1 atom stereocenters. The minimum Gasteiger partial charge on any atom is -0.322 e. The van der Waals surface area contributed by atoms with E-state index in [1.54, 1.807) is 31.2 Å². The number of carbonyl (C=O) groups is 1. The average molecular weight is 269 g/mol. The fourth-order valence-electron chi connectivity index (χ4n) is 1.67. The van der Waals surface area contributed by atoms with E-state index in [2.05, 4.69) is 11.9 Å². The van der Waals surface area contributed by atoms with Gasteiger partial charge in [-0.1, -0.05) is 31.7 Å². The number of nitrogens with one attached hydrogen (secondary N) is 1. The first-order chi connectivity index (χ1) is 8.40. The molecule has 98 valence electrons. The van der Waals surface area contributed by atoms with E-state index in [4.69, 9.17) is 0 Å². The van der Waals surface area contributed by atoms with Gasteiger partial charge >= 0.3 is 0 Å². The van der Waals surface area contributed by atoms with Crippen molar-refractivity contribution in [3.63, 3.8) is 0 Å². The predicted molar refractivity (Wildman–Crippen MR) is 69.8 cm³/mol. The summed E-state index contributed by atoms with van der Waals surface area (Å²) in [5, 5.41) is 1.46. The molecule has 0 spiro atoms. The van der Waals surface area contributed by atoms with Crippen LogP contribution in [0.4, 0.5) is 5.69 Å². The lowest BCUT2D eigenvalue weighted by molar-refractivity contribution is -0.111. The van der Waals surface area contributed by atoms with Gasteiger partial charge in [0, 0.05) is 5.69 Å². The van der Waals surface area contributed by atoms with E-state index < -0.39 is 21.3 Å². The van der Waals surface area contributed by atoms with E-state index in [-0.39, 0.29) is 6.42 Å². The zero-order valence-corrected chi connectivity index (χ0v) is 10.8. The number of anilines is 1. The number of hydrogen-bond acceptors (Lipinski definition) is 3. The summed E-state index contributed by atoms with van der Waals surface area (Å²) in [5.41, 5.74) is 0.713. The summed E-state index contributed by atoms with van der Waals surface area (Å²) >= 11 is 0. The van der Waals surface area contributed by atoms with Crippen LogP contribution in [0.2, 0.25) is 0 Å². The Morgan fingerprint density at radius 3 is 2.61 bits per heavy atom. The van der Waals surface area contributed by atoms with Crippen molar-refractivity contribution in [3.05, 3.63) is 42.5 Å². The maximum Gasteiger partial charge on any atom is 0.272 e. The van der Waals surface area contributed by atoms with Gasteiger partial charge in [-0.2, -0.15) is 8.42 Å². The Kier molecular flexibility index (Phi) is 4.63. The number of hydrogen-bond donors (Lipinski definition) is 2. The number of carbonyl (C=O) groups excluding carboxylic acids is 1. The SMILES string of the molecule is C=CC(=O)Nc1ccccc1C(CC)S(=O)(=O)O. The Balaban J connectivity index is 3.23. The number of amides is 1. The lowest BCUT2D eigenvalue weighted by atomic mass is 10.1. The molecule has 0 fully saturated rings. The van der Waals surface area contributed by atoms with Crippen LogP contribution < -0.4 is 5.32 Å². The molecule has 1 rings (SSSR count). The largest absolute Gasteiger partial charge is 0.322 e. The fraction of sp³-hybridized carbons (Fsp3) is 0.250. The molecule has 0 radical (unpaired) electrons. The molecule has 0 heterocycles. The van der Waals surface area contributed by atoms with Crippen LogP contribution in [0.5, 0.6) is 0 Å². The topological polar surface area (TPSA) is 83.5 Å². The maximum atomic E-state index is 11.3. The lowest BCUT2D eigenvalue weighted by Gasteiger charge is -2.16. The van der Waals surface area contributed by atoms with Crippen LogP contribution in [0, 0.1) is 0 Å². The maximum absolute atomic E-state index is 11.3. The first kappa shape index (κ1) is 14.4. The Labute approximate surface area is 106 Å². The summed E-state index contributed by atoms with van der Waals surface area (Å²) in [6.07, 6.45) is 1.30. The molecule has 0 bridgehead atoms. The minimum absolute atomic E-state index is 0.208. The first-order valence-corrected chi connectivity index (χ1v) is 6.89. The Hall–Kier alpha value is -1.66. The summed E-state index contributed by atoms with van der Waals surface area (Å²) in [5.74, 6) is -0.437. The van der Waals surface area contributed by atoms with Crippen molar-refractivity contribution in [2.75, 3.05) is 5.32 Å². The van der Waals surface area contributed by atoms with E-state index in [1.165, 1.54) is 0 Å². The molecule has 18 heavy (non-hydrogen) atoms. The number of rotatable bonds is 5. The van der Waals surface area contributed by atoms with Crippen molar-refractivity contribution >= 4 is 21.7 Å². The highest BCUT2D eigenvalue weighted by Crippen LogP contribution is 2.30. The molecule has 0 saturated heterocycles. The third-order valence-corrected chi connectivity index (χ3v) is 3.79. The Bertz CT molecular complexity index is 551. The molecule has 0 saturated carbocycles. The van der Waals surface area contributed by atoms with E-state index in [9.17, 15) is 17.8 Å². The molecule has 1 aromatic rings. The van der Waals surface area contributed by atoms with E-state index in [1.807, 2.05) is 0 Å².